The Morgan fingerprint density at radius 2 is 2.09 bits per heavy atom. The standard InChI is InChI=1S/C9H20N2/c1-4-11(3)8-9(5-6-9)7-10-2/h10H,4-8H2,1-3H3. The van der Waals surface area contributed by atoms with Crippen LogP contribution in [0, 0.1) is 5.41 Å². The van der Waals surface area contributed by atoms with Crippen molar-refractivity contribution in [3.8, 4) is 0 Å². The van der Waals surface area contributed by atoms with Crippen molar-refractivity contribution in [2.75, 3.05) is 33.7 Å². The van der Waals surface area contributed by atoms with Crippen molar-refractivity contribution in [1.29, 1.82) is 0 Å². The van der Waals surface area contributed by atoms with E-state index in [0.29, 0.717) is 5.41 Å². The number of hydrogen-bond acceptors (Lipinski definition) is 2. The van der Waals surface area contributed by atoms with E-state index in [9.17, 15) is 0 Å². The zero-order valence-electron chi connectivity index (χ0n) is 7.98. The molecule has 0 aliphatic heterocycles. The second-order valence-corrected chi connectivity index (χ2v) is 3.86. The Hall–Kier alpha value is -0.0800. The van der Waals surface area contributed by atoms with Crippen molar-refractivity contribution < 1.29 is 0 Å². The molecule has 0 saturated heterocycles. The monoisotopic (exact) mass is 156 g/mol. The predicted octanol–water partition coefficient (Wildman–Crippen LogP) is 0.938. The molecule has 1 N–H and O–H groups in total. The van der Waals surface area contributed by atoms with Crippen LogP contribution in [0.15, 0.2) is 0 Å². The lowest BCUT2D eigenvalue weighted by Gasteiger charge is -2.21. The molecule has 0 atom stereocenters. The first-order valence-electron chi connectivity index (χ1n) is 4.55. The van der Waals surface area contributed by atoms with E-state index in [1.807, 2.05) is 7.05 Å². The normalized spacial score (nSPS) is 20.7. The minimum Gasteiger partial charge on any atom is -0.319 e. The molecule has 2 nitrogen and oxygen atoms in total. The fourth-order valence-electron chi connectivity index (χ4n) is 1.63. The second kappa shape index (κ2) is 3.55. The van der Waals surface area contributed by atoms with Crippen molar-refractivity contribution in [2.24, 2.45) is 5.41 Å². The minimum absolute atomic E-state index is 0.638. The molecule has 0 aromatic rings. The van der Waals surface area contributed by atoms with E-state index in [1.54, 1.807) is 0 Å². The van der Waals surface area contributed by atoms with E-state index >= 15 is 0 Å². The summed E-state index contributed by atoms with van der Waals surface area (Å²) < 4.78 is 0. The van der Waals surface area contributed by atoms with Gasteiger partial charge < -0.3 is 10.2 Å². The van der Waals surface area contributed by atoms with Gasteiger partial charge in [0.2, 0.25) is 0 Å². The highest BCUT2D eigenvalue weighted by atomic mass is 15.1. The average molecular weight is 156 g/mol. The Morgan fingerprint density at radius 1 is 1.45 bits per heavy atom. The van der Waals surface area contributed by atoms with Gasteiger partial charge in [0, 0.05) is 13.1 Å². The number of rotatable bonds is 5. The first-order valence-corrected chi connectivity index (χ1v) is 4.55. The number of nitrogens with zero attached hydrogens (tertiary/aromatic N) is 1. The van der Waals surface area contributed by atoms with Crippen LogP contribution < -0.4 is 5.32 Å². The Labute approximate surface area is 70.0 Å². The molecular weight excluding hydrogens is 136 g/mol. The predicted molar refractivity (Wildman–Crippen MR) is 48.8 cm³/mol. The summed E-state index contributed by atoms with van der Waals surface area (Å²) in [6.45, 7) is 5.85. The molecule has 0 radical (unpaired) electrons. The minimum atomic E-state index is 0.638. The molecule has 0 aromatic heterocycles. The van der Waals surface area contributed by atoms with Crippen molar-refractivity contribution in [1.82, 2.24) is 10.2 Å². The maximum Gasteiger partial charge on any atom is 0.00470 e. The van der Waals surface area contributed by atoms with Gasteiger partial charge in [-0.1, -0.05) is 6.92 Å². The highest BCUT2D eigenvalue weighted by Gasteiger charge is 2.42. The quantitative estimate of drug-likeness (QED) is 0.637. The summed E-state index contributed by atoms with van der Waals surface area (Å²) in [6.07, 6.45) is 2.83. The first-order chi connectivity index (χ1) is 5.22. The third kappa shape index (κ3) is 2.46. The summed E-state index contributed by atoms with van der Waals surface area (Å²) in [5.41, 5.74) is 0.638. The fourth-order valence-corrected chi connectivity index (χ4v) is 1.63. The van der Waals surface area contributed by atoms with Gasteiger partial charge in [-0.05, 0) is 38.9 Å². The SMILES string of the molecule is CCN(C)CC1(CNC)CC1. The smallest absolute Gasteiger partial charge is 0.00470 e. The summed E-state index contributed by atoms with van der Waals surface area (Å²) >= 11 is 0. The van der Waals surface area contributed by atoms with E-state index in [0.717, 1.165) is 0 Å². The maximum absolute atomic E-state index is 3.27. The molecule has 1 aliphatic rings. The molecular formula is C9H20N2. The molecule has 1 rings (SSSR count). The summed E-state index contributed by atoms with van der Waals surface area (Å²) in [7, 11) is 4.25. The molecule has 2 heteroatoms. The average Bonchev–Trinajstić information content (AvgIpc) is 2.70. The van der Waals surface area contributed by atoms with Crippen LogP contribution in [0.5, 0.6) is 0 Å². The molecule has 0 aromatic carbocycles. The molecule has 1 fully saturated rings. The molecule has 0 unspecified atom stereocenters. The van der Waals surface area contributed by atoms with E-state index in [1.165, 1.54) is 32.5 Å². The van der Waals surface area contributed by atoms with E-state index in [4.69, 9.17) is 0 Å². The van der Waals surface area contributed by atoms with Crippen LogP contribution in [-0.4, -0.2) is 38.6 Å². The fraction of sp³-hybridized carbons (Fsp3) is 1.00. The number of hydrogen-bond donors (Lipinski definition) is 1. The van der Waals surface area contributed by atoms with Gasteiger partial charge in [0.1, 0.15) is 0 Å². The van der Waals surface area contributed by atoms with Gasteiger partial charge in [0.05, 0.1) is 0 Å². The van der Waals surface area contributed by atoms with Crippen LogP contribution >= 0.6 is 0 Å². The van der Waals surface area contributed by atoms with Crippen LogP contribution in [-0.2, 0) is 0 Å². The second-order valence-electron chi connectivity index (χ2n) is 3.86. The topological polar surface area (TPSA) is 15.3 Å². The van der Waals surface area contributed by atoms with Crippen LogP contribution in [0.2, 0.25) is 0 Å². The Kier molecular flexibility index (Phi) is 2.90. The van der Waals surface area contributed by atoms with Gasteiger partial charge in [-0.2, -0.15) is 0 Å². The van der Waals surface area contributed by atoms with Crippen molar-refractivity contribution in [3.05, 3.63) is 0 Å². The lowest BCUT2D eigenvalue weighted by atomic mass is 10.1. The molecule has 11 heavy (non-hydrogen) atoms. The number of nitrogens with one attached hydrogen (secondary N) is 1. The van der Waals surface area contributed by atoms with Crippen molar-refractivity contribution in [2.45, 2.75) is 19.8 Å². The molecule has 1 aliphatic carbocycles. The molecule has 0 amide bonds. The molecule has 0 bridgehead atoms. The van der Waals surface area contributed by atoms with Crippen molar-refractivity contribution >= 4 is 0 Å². The van der Waals surface area contributed by atoms with E-state index < -0.39 is 0 Å². The third-order valence-corrected chi connectivity index (χ3v) is 2.65. The first kappa shape index (κ1) is 9.01. The summed E-state index contributed by atoms with van der Waals surface area (Å²) in [6, 6.07) is 0. The lowest BCUT2D eigenvalue weighted by Crippen LogP contribution is -2.32. The third-order valence-electron chi connectivity index (χ3n) is 2.65. The molecule has 1 saturated carbocycles. The lowest BCUT2D eigenvalue weighted by molar-refractivity contribution is 0.270. The van der Waals surface area contributed by atoms with Crippen LogP contribution in [0.1, 0.15) is 19.8 Å². The highest BCUT2D eigenvalue weighted by molar-refractivity contribution is 4.96. The molecule has 0 spiro atoms. The zero-order valence-corrected chi connectivity index (χ0v) is 7.98. The van der Waals surface area contributed by atoms with Gasteiger partial charge in [-0.3, -0.25) is 0 Å². The summed E-state index contributed by atoms with van der Waals surface area (Å²) in [5, 5.41) is 3.27. The van der Waals surface area contributed by atoms with Crippen LogP contribution in [0.25, 0.3) is 0 Å². The Bertz CT molecular complexity index is 119. The maximum atomic E-state index is 3.27. The van der Waals surface area contributed by atoms with Gasteiger partial charge >= 0.3 is 0 Å². The molecule has 0 heterocycles. The van der Waals surface area contributed by atoms with Crippen LogP contribution in [0.3, 0.4) is 0 Å². The van der Waals surface area contributed by atoms with Gasteiger partial charge in [0.25, 0.3) is 0 Å². The largest absolute Gasteiger partial charge is 0.319 e. The van der Waals surface area contributed by atoms with Crippen molar-refractivity contribution in [3.63, 3.8) is 0 Å². The van der Waals surface area contributed by atoms with Gasteiger partial charge in [-0.15, -0.1) is 0 Å². The Morgan fingerprint density at radius 3 is 2.45 bits per heavy atom. The van der Waals surface area contributed by atoms with E-state index in [2.05, 4.69) is 24.2 Å². The summed E-state index contributed by atoms with van der Waals surface area (Å²) in [5.74, 6) is 0. The summed E-state index contributed by atoms with van der Waals surface area (Å²) in [4.78, 5) is 2.41. The molecule has 66 valence electrons. The van der Waals surface area contributed by atoms with E-state index in [-0.39, 0.29) is 0 Å². The van der Waals surface area contributed by atoms with Gasteiger partial charge in [0.15, 0.2) is 0 Å². The zero-order chi connectivity index (χ0) is 8.32. The highest BCUT2D eigenvalue weighted by Crippen LogP contribution is 2.45. The Balaban J connectivity index is 2.23. The van der Waals surface area contributed by atoms with Gasteiger partial charge in [-0.25, -0.2) is 0 Å². The van der Waals surface area contributed by atoms with Crippen LogP contribution in [0.4, 0.5) is 0 Å².